The highest BCUT2D eigenvalue weighted by Crippen LogP contribution is 2.32. The van der Waals surface area contributed by atoms with Gasteiger partial charge in [0.1, 0.15) is 0 Å². The highest BCUT2D eigenvalue weighted by molar-refractivity contribution is 5.85. The number of aryl methyl sites for hydroxylation is 5. The van der Waals surface area contributed by atoms with Crippen molar-refractivity contribution < 1.29 is 0 Å². The molecule has 0 saturated carbocycles. The van der Waals surface area contributed by atoms with Crippen molar-refractivity contribution >= 4 is 12.4 Å². The van der Waals surface area contributed by atoms with Crippen molar-refractivity contribution in [1.29, 1.82) is 0 Å². The molecule has 166 valence electrons. The Balaban J connectivity index is 0.00000289. The lowest BCUT2D eigenvalue weighted by Crippen LogP contribution is -2.08. The molecule has 0 aliphatic carbocycles. The largest absolute Gasteiger partial charge is 0.330 e. The monoisotopic (exact) mass is 444 g/mol. The maximum Gasteiger partial charge on any atom is 0.0951 e. The van der Waals surface area contributed by atoms with Gasteiger partial charge < -0.3 is 4.57 Å². The highest BCUT2D eigenvalue weighted by Gasteiger charge is 2.17. The first kappa shape index (κ1) is 23.8. The lowest BCUT2D eigenvalue weighted by molar-refractivity contribution is 0.661. The van der Waals surface area contributed by atoms with Crippen molar-refractivity contribution in [2.24, 2.45) is 0 Å². The van der Waals surface area contributed by atoms with Crippen LogP contribution in [0.3, 0.4) is 0 Å². The normalized spacial score (nSPS) is 10.9. The van der Waals surface area contributed by atoms with Crippen molar-refractivity contribution in [3.63, 3.8) is 0 Å². The molecule has 0 aliphatic rings. The van der Waals surface area contributed by atoms with E-state index in [1.54, 1.807) is 0 Å². The van der Waals surface area contributed by atoms with E-state index >= 15 is 0 Å². The summed E-state index contributed by atoms with van der Waals surface area (Å²) < 4.78 is 2.29. The zero-order valence-corrected chi connectivity index (χ0v) is 20.3. The van der Waals surface area contributed by atoms with Gasteiger partial charge in [-0.05, 0) is 57.2 Å². The van der Waals surface area contributed by atoms with Crippen molar-refractivity contribution in [3.05, 3.63) is 124 Å². The second-order valence-electron chi connectivity index (χ2n) is 8.93. The highest BCUT2D eigenvalue weighted by atomic mass is 35.5. The minimum absolute atomic E-state index is 0. The van der Waals surface area contributed by atoms with Gasteiger partial charge in [0.2, 0.25) is 0 Å². The lowest BCUT2D eigenvalue weighted by atomic mass is 9.84. The second kappa shape index (κ2) is 10.7. The predicted octanol–water partition coefficient (Wildman–Crippen LogP) is 7.35. The van der Waals surface area contributed by atoms with Crippen LogP contribution in [0.1, 0.15) is 57.0 Å². The van der Waals surface area contributed by atoms with Gasteiger partial charge in [-0.25, -0.2) is 4.98 Å². The van der Waals surface area contributed by atoms with E-state index in [4.69, 9.17) is 0 Å². The molecule has 0 radical (unpaired) electrons. The maximum absolute atomic E-state index is 4.46. The molecule has 3 aromatic carbocycles. The molecule has 0 amide bonds. The Morgan fingerprint density at radius 3 is 1.81 bits per heavy atom. The molecule has 0 fully saturated rings. The summed E-state index contributed by atoms with van der Waals surface area (Å²) in [6, 6.07) is 24.6. The summed E-state index contributed by atoms with van der Waals surface area (Å²) >= 11 is 0. The van der Waals surface area contributed by atoms with Gasteiger partial charge in [0, 0.05) is 24.4 Å². The SMILES string of the molecule is Cc1cc(C)cc(C(CCc2cncn2Cc2ccccc2)c2cc(C)cc(C)c2)c1.Cl. The summed E-state index contributed by atoms with van der Waals surface area (Å²) in [5.41, 5.74) is 10.8. The van der Waals surface area contributed by atoms with Crippen LogP contribution in [0.4, 0.5) is 0 Å². The van der Waals surface area contributed by atoms with E-state index in [1.165, 1.54) is 44.6 Å². The van der Waals surface area contributed by atoms with Crippen molar-refractivity contribution in [2.45, 2.75) is 53.0 Å². The number of benzene rings is 3. The third kappa shape index (κ3) is 5.89. The first-order valence-electron chi connectivity index (χ1n) is 11.2. The van der Waals surface area contributed by atoms with Crippen LogP contribution >= 0.6 is 12.4 Å². The Kier molecular flexibility index (Phi) is 7.93. The summed E-state index contributed by atoms with van der Waals surface area (Å²) in [5.74, 6) is 0.372. The summed E-state index contributed by atoms with van der Waals surface area (Å²) in [7, 11) is 0. The summed E-state index contributed by atoms with van der Waals surface area (Å²) in [5, 5.41) is 0. The molecule has 0 spiro atoms. The van der Waals surface area contributed by atoms with E-state index < -0.39 is 0 Å². The minimum Gasteiger partial charge on any atom is -0.330 e. The fourth-order valence-corrected chi connectivity index (χ4v) is 4.72. The van der Waals surface area contributed by atoms with Crippen molar-refractivity contribution in [2.75, 3.05) is 0 Å². The summed E-state index contributed by atoms with van der Waals surface area (Å²) in [4.78, 5) is 4.46. The molecule has 3 heteroatoms. The van der Waals surface area contributed by atoms with Gasteiger partial charge in [0.15, 0.2) is 0 Å². The number of imidazole rings is 1. The summed E-state index contributed by atoms with van der Waals surface area (Å²) in [6.07, 6.45) is 6.05. The Hall–Kier alpha value is -2.84. The fraction of sp³-hybridized carbons (Fsp3) is 0.276. The molecule has 32 heavy (non-hydrogen) atoms. The molecule has 0 unspecified atom stereocenters. The van der Waals surface area contributed by atoms with Gasteiger partial charge in [-0.1, -0.05) is 89.0 Å². The van der Waals surface area contributed by atoms with E-state index in [-0.39, 0.29) is 12.4 Å². The number of hydrogen-bond donors (Lipinski definition) is 0. The van der Waals surface area contributed by atoms with Crippen LogP contribution in [-0.2, 0) is 13.0 Å². The van der Waals surface area contributed by atoms with Crippen LogP contribution in [0, 0.1) is 27.7 Å². The van der Waals surface area contributed by atoms with Gasteiger partial charge in [-0.3, -0.25) is 0 Å². The quantitative estimate of drug-likeness (QED) is 0.291. The molecule has 4 rings (SSSR count). The number of nitrogens with zero attached hydrogens (tertiary/aromatic N) is 2. The Labute approximate surface area is 198 Å². The van der Waals surface area contributed by atoms with E-state index in [0.717, 1.165) is 19.4 Å². The molecule has 0 aliphatic heterocycles. The average Bonchev–Trinajstić information content (AvgIpc) is 3.14. The van der Waals surface area contributed by atoms with Gasteiger partial charge in [-0.2, -0.15) is 0 Å². The van der Waals surface area contributed by atoms with Crippen LogP contribution in [0.2, 0.25) is 0 Å². The molecule has 4 aromatic rings. The van der Waals surface area contributed by atoms with Crippen LogP contribution in [0.5, 0.6) is 0 Å². The van der Waals surface area contributed by atoms with Crippen molar-refractivity contribution in [1.82, 2.24) is 9.55 Å². The molecule has 0 atom stereocenters. The van der Waals surface area contributed by atoms with Crippen LogP contribution in [0.15, 0.2) is 79.3 Å². The lowest BCUT2D eigenvalue weighted by Gasteiger charge is -2.21. The molecule has 0 saturated heterocycles. The smallest absolute Gasteiger partial charge is 0.0951 e. The van der Waals surface area contributed by atoms with E-state index in [1.807, 2.05) is 12.5 Å². The molecular formula is C29H33ClN2. The zero-order chi connectivity index (χ0) is 21.8. The van der Waals surface area contributed by atoms with E-state index in [0.29, 0.717) is 5.92 Å². The minimum atomic E-state index is 0. The standard InChI is InChI=1S/C29H32N2.ClH/c1-21-12-22(2)15-26(14-21)29(27-16-23(3)13-24(4)17-27)11-10-28-18-30-20-31(28)19-25-8-6-5-7-9-25;/h5-9,12-18,20,29H,10-11,19H2,1-4H3;1H. The molecule has 1 aromatic heterocycles. The van der Waals surface area contributed by atoms with E-state index in [2.05, 4.69) is 104 Å². The molecular weight excluding hydrogens is 412 g/mol. The number of halogens is 1. The molecule has 1 heterocycles. The molecule has 0 N–H and O–H groups in total. The van der Waals surface area contributed by atoms with Gasteiger partial charge in [0.25, 0.3) is 0 Å². The van der Waals surface area contributed by atoms with Gasteiger partial charge in [0.05, 0.1) is 6.33 Å². The van der Waals surface area contributed by atoms with Gasteiger partial charge in [-0.15, -0.1) is 12.4 Å². The molecule has 2 nitrogen and oxygen atoms in total. The molecule has 0 bridgehead atoms. The Bertz CT molecular complexity index is 1070. The first-order chi connectivity index (χ1) is 15.0. The average molecular weight is 445 g/mol. The van der Waals surface area contributed by atoms with E-state index in [9.17, 15) is 0 Å². The number of rotatable bonds is 7. The maximum atomic E-state index is 4.46. The Morgan fingerprint density at radius 1 is 0.750 bits per heavy atom. The van der Waals surface area contributed by atoms with Gasteiger partial charge >= 0.3 is 0 Å². The summed E-state index contributed by atoms with van der Waals surface area (Å²) in [6.45, 7) is 9.66. The third-order valence-corrected chi connectivity index (χ3v) is 5.98. The van der Waals surface area contributed by atoms with Crippen LogP contribution in [-0.4, -0.2) is 9.55 Å². The zero-order valence-electron chi connectivity index (χ0n) is 19.5. The van der Waals surface area contributed by atoms with Crippen molar-refractivity contribution in [3.8, 4) is 0 Å². The van der Waals surface area contributed by atoms with Crippen LogP contribution < -0.4 is 0 Å². The second-order valence-corrected chi connectivity index (χ2v) is 8.93. The topological polar surface area (TPSA) is 17.8 Å². The fourth-order valence-electron chi connectivity index (χ4n) is 4.72. The first-order valence-corrected chi connectivity index (χ1v) is 11.2. The number of hydrogen-bond acceptors (Lipinski definition) is 1. The number of aromatic nitrogens is 2. The predicted molar refractivity (Wildman–Crippen MR) is 137 cm³/mol. The van der Waals surface area contributed by atoms with Crippen LogP contribution in [0.25, 0.3) is 0 Å². The third-order valence-electron chi connectivity index (χ3n) is 5.98. The Morgan fingerprint density at radius 2 is 1.28 bits per heavy atom.